The molecule has 4 nitrogen and oxygen atoms in total. The number of benzene rings is 2. The van der Waals surface area contributed by atoms with Crippen LogP contribution in [0.5, 0.6) is 0 Å². The number of aryl methyl sites for hydroxylation is 1. The number of hydrogen-bond donors (Lipinski definition) is 0. The Hall–Kier alpha value is -2.40. The molecule has 0 heterocycles. The summed E-state index contributed by atoms with van der Waals surface area (Å²) in [6, 6.07) is 9.51. The fraction of sp³-hybridized carbons (Fsp3) is 0.300. The molecule has 0 bridgehead atoms. The van der Waals surface area contributed by atoms with E-state index in [4.69, 9.17) is 11.6 Å². The van der Waals surface area contributed by atoms with Crippen LogP contribution < -0.4 is 4.90 Å². The maximum Gasteiger partial charge on any atom is 0.182 e. The number of anilines is 1. The fourth-order valence-corrected chi connectivity index (χ4v) is 2.61. The summed E-state index contributed by atoms with van der Waals surface area (Å²) in [6.07, 6.45) is 1.71. The third kappa shape index (κ3) is 5.05. The van der Waals surface area contributed by atoms with Gasteiger partial charge >= 0.3 is 0 Å². The van der Waals surface area contributed by atoms with Crippen molar-refractivity contribution >= 4 is 35.1 Å². The lowest BCUT2D eigenvalue weighted by atomic mass is 10.0. The van der Waals surface area contributed by atoms with E-state index in [0.29, 0.717) is 16.3 Å². The number of carbonyl (C=O) groups is 1. The summed E-state index contributed by atoms with van der Waals surface area (Å²) in [5, 5.41) is 0.434. The van der Waals surface area contributed by atoms with Gasteiger partial charge in [-0.05, 0) is 55.8 Å². The molecule has 0 radical (unpaired) electrons. The maximum atomic E-state index is 13.0. The monoisotopic (exact) mass is 375 g/mol. The summed E-state index contributed by atoms with van der Waals surface area (Å²) in [5.74, 6) is -0.363. The molecule has 0 aliphatic heterocycles. The number of likely N-dealkylation sites (N-methyl/N-ethyl adjacent to an activating group) is 1. The first-order valence-electron chi connectivity index (χ1n) is 8.36. The summed E-state index contributed by atoms with van der Waals surface area (Å²) >= 11 is 6.30. The first kappa shape index (κ1) is 19.9. The molecule has 2 rings (SSSR count). The third-order valence-corrected chi connectivity index (χ3v) is 4.44. The van der Waals surface area contributed by atoms with Crippen LogP contribution in [-0.4, -0.2) is 44.2 Å². The van der Waals surface area contributed by atoms with Gasteiger partial charge < -0.3 is 9.80 Å². The fourth-order valence-electron chi connectivity index (χ4n) is 2.40. The van der Waals surface area contributed by atoms with E-state index in [1.54, 1.807) is 36.5 Å². The zero-order chi connectivity index (χ0) is 19.3. The molecule has 0 aromatic heterocycles. The molecule has 6 heteroatoms. The number of halogens is 2. The SMILES string of the molecule is CCN(C)/C=N\c1cc(C)c(C(=O)CN(C)c2ccc(F)cc2)cc1Cl. The second kappa shape index (κ2) is 8.81. The van der Waals surface area contributed by atoms with Gasteiger partial charge in [0.05, 0.1) is 23.6 Å². The van der Waals surface area contributed by atoms with Crippen molar-refractivity contribution in [2.75, 3.05) is 32.1 Å². The summed E-state index contributed by atoms with van der Waals surface area (Å²) in [6.45, 7) is 4.90. The molecule has 0 saturated heterocycles. The number of carbonyl (C=O) groups excluding carboxylic acids is 1. The lowest BCUT2D eigenvalue weighted by Crippen LogP contribution is -2.26. The van der Waals surface area contributed by atoms with E-state index >= 15 is 0 Å². The molecule has 0 saturated carbocycles. The van der Waals surface area contributed by atoms with Crippen LogP contribution >= 0.6 is 11.6 Å². The van der Waals surface area contributed by atoms with Gasteiger partial charge in [0, 0.05) is 31.9 Å². The number of nitrogens with zero attached hydrogens (tertiary/aromatic N) is 3. The highest BCUT2D eigenvalue weighted by atomic mass is 35.5. The lowest BCUT2D eigenvalue weighted by molar-refractivity contribution is 0.1000. The van der Waals surface area contributed by atoms with Crippen molar-refractivity contribution in [1.82, 2.24) is 4.90 Å². The van der Waals surface area contributed by atoms with Gasteiger partial charge in [-0.15, -0.1) is 0 Å². The molecule has 0 aliphatic rings. The molecule has 0 N–H and O–H groups in total. The second-order valence-corrected chi connectivity index (χ2v) is 6.60. The Morgan fingerprint density at radius 1 is 1.23 bits per heavy atom. The van der Waals surface area contributed by atoms with E-state index < -0.39 is 0 Å². The van der Waals surface area contributed by atoms with Crippen molar-refractivity contribution in [3.05, 3.63) is 58.4 Å². The zero-order valence-corrected chi connectivity index (χ0v) is 16.2. The quantitative estimate of drug-likeness (QED) is 0.399. The van der Waals surface area contributed by atoms with E-state index in [1.165, 1.54) is 12.1 Å². The predicted octanol–water partition coefficient (Wildman–Crippen LogP) is 4.72. The van der Waals surface area contributed by atoms with E-state index in [9.17, 15) is 9.18 Å². The first-order chi connectivity index (χ1) is 12.3. The van der Waals surface area contributed by atoms with Gasteiger partial charge in [-0.1, -0.05) is 11.6 Å². The van der Waals surface area contributed by atoms with Crippen LogP contribution in [0.4, 0.5) is 15.8 Å². The Labute approximate surface area is 158 Å². The van der Waals surface area contributed by atoms with Gasteiger partial charge in [0.1, 0.15) is 5.82 Å². The Bertz CT molecular complexity index is 805. The van der Waals surface area contributed by atoms with Crippen LogP contribution in [0.1, 0.15) is 22.8 Å². The number of hydrogen-bond acceptors (Lipinski definition) is 3. The van der Waals surface area contributed by atoms with Crippen molar-refractivity contribution < 1.29 is 9.18 Å². The summed E-state index contributed by atoms with van der Waals surface area (Å²) < 4.78 is 13.0. The van der Waals surface area contributed by atoms with Crippen molar-refractivity contribution in [2.24, 2.45) is 4.99 Å². The Morgan fingerprint density at radius 3 is 2.50 bits per heavy atom. The largest absolute Gasteiger partial charge is 0.367 e. The number of rotatable bonds is 7. The average molecular weight is 376 g/mol. The molecule has 0 spiro atoms. The van der Waals surface area contributed by atoms with Crippen molar-refractivity contribution in [2.45, 2.75) is 13.8 Å². The molecule has 2 aromatic rings. The molecule has 2 aromatic carbocycles. The van der Waals surface area contributed by atoms with Crippen molar-refractivity contribution in [3.8, 4) is 0 Å². The zero-order valence-electron chi connectivity index (χ0n) is 15.5. The lowest BCUT2D eigenvalue weighted by Gasteiger charge is -2.19. The molecule has 0 amide bonds. The number of ketones is 1. The molecule has 0 aliphatic carbocycles. The molecular formula is C20H23ClFN3O. The van der Waals surface area contributed by atoms with Crippen LogP contribution in [0, 0.1) is 12.7 Å². The Kier molecular flexibility index (Phi) is 6.75. The molecule has 0 atom stereocenters. The second-order valence-electron chi connectivity index (χ2n) is 6.19. The van der Waals surface area contributed by atoms with Gasteiger partial charge in [0.15, 0.2) is 5.78 Å². The highest BCUT2D eigenvalue weighted by molar-refractivity contribution is 6.33. The van der Waals surface area contributed by atoms with Gasteiger partial charge in [0.25, 0.3) is 0 Å². The van der Waals surface area contributed by atoms with E-state index in [1.807, 2.05) is 31.9 Å². The standard InChI is InChI=1S/C20H23ClFN3O/c1-5-24(3)13-23-19-10-14(2)17(11-18(19)21)20(26)12-25(4)16-8-6-15(22)7-9-16/h6-11,13H,5,12H2,1-4H3/b23-13-. The van der Waals surface area contributed by atoms with Gasteiger partial charge in [-0.25, -0.2) is 9.38 Å². The third-order valence-electron chi connectivity index (χ3n) is 4.14. The van der Waals surface area contributed by atoms with Gasteiger partial charge in [-0.3, -0.25) is 4.79 Å². The van der Waals surface area contributed by atoms with Crippen LogP contribution in [0.25, 0.3) is 0 Å². The van der Waals surface area contributed by atoms with Crippen LogP contribution in [0.15, 0.2) is 41.4 Å². The summed E-state index contributed by atoms with van der Waals surface area (Å²) in [5.41, 5.74) is 2.78. The highest BCUT2D eigenvalue weighted by Crippen LogP contribution is 2.29. The highest BCUT2D eigenvalue weighted by Gasteiger charge is 2.15. The minimum Gasteiger partial charge on any atom is -0.367 e. The Morgan fingerprint density at radius 2 is 1.88 bits per heavy atom. The minimum absolute atomic E-state index is 0.0579. The van der Waals surface area contributed by atoms with Crippen molar-refractivity contribution in [1.29, 1.82) is 0 Å². The van der Waals surface area contributed by atoms with Crippen LogP contribution in [0.2, 0.25) is 5.02 Å². The molecular weight excluding hydrogens is 353 g/mol. The number of Topliss-reactive ketones (excluding diaryl/α,β-unsaturated/α-hetero) is 1. The van der Waals surface area contributed by atoms with E-state index in [2.05, 4.69) is 4.99 Å². The molecule has 0 unspecified atom stereocenters. The molecule has 138 valence electrons. The topological polar surface area (TPSA) is 35.9 Å². The van der Waals surface area contributed by atoms with E-state index in [-0.39, 0.29) is 18.1 Å². The minimum atomic E-state index is -0.305. The van der Waals surface area contributed by atoms with E-state index in [0.717, 1.165) is 17.8 Å². The maximum absolute atomic E-state index is 13.0. The first-order valence-corrected chi connectivity index (χ1v) is 8.74. The van der Waals surface area contributed by atoms with Gasteiger partial charge in [0.2, 0.25) is 0 Å². The smallest absolute Gasteiger partial charge is 0.182 e. The predicted molar refractivity (Wildman–Crippen MR) is 107 cm³/mol. The summed E-state index contributed by atoms with van der Waals surface area (Å²) in [7, 11) is 3.72. The normalized spacial score (nSPS) is 11.0. The summed E-state index contributed by atoms with van der Waals surface area (Å²) in [4.78, 5) is 20.7. The molecule has 0 fully saturated rings. The number of aliphatic imine (C=N–C) groups is 1. The van der Waals surface area contributed by atoms with Crippen molar-refractivity contribution in [3.63, 3.8) is 0 Å². The van der Waals surface area contributed by atoms with Crippen LogP contribution in [0.3, 0.4) is 0 Å². The average Bonchev–Trinajstić information content (AvgIpc) is 2.62. The molecule has 26 heavy (non-hydrogen) atoms. The van der Waals surface area contributed by atoms with Gasteiger partial charge in [-0.2, -0.15) is 0 Å². The Balaban J connectivity index is 2.17. The van der Waals surface area contributed by atoms with Crippen LogP contribution in [-0.2, 0) is 0 Å².